The van der Waals surface area contributed by atoms with Gasteiger partial charge in [0.2, 0.25) is 0 Å². The molecule has 0 N–H and O–H groups in total. The lowest BCUT2D eigenvalue weighted by Crippen LogP contribution is -2.28. The summed E-state index contributed by atoms with van der Waals surface area (Å²) in [6.07, 6.45) is 5.42. The molecule has 0 amide bonds. The van der Waals surface area contributed by atoms with E-state index in [9.17, 15) is 4.79 Å². The number of hydrogen-bond donors (Lipinski definition) is 0. The molecule has 0 atom stereocenters. The van der Waals surface area contributed by atoms with Crippen LogP contribution in [0.4, 0.5) is 5.82 Å². The highest BCUT2D eigenvalue weighted by Crippen LogP contribution is 2.31. The molecule has 1 aliphatic rings. The third kappa shape index (κ3) is 3.31. The van der Waals surface area contributed by atoms with Gasteiger partial charge in [0.1, 0.15) is 5.82 Å². The number of ketones is 1. The summed E-state index contributed by atoms with van der Waals surface area (Å²) in [7, 11) is 0. The Hall–Kier alpha value is -1.38. The Morgan fingerprint density at radius 3 is 2.78 bits per heavy atom. The molecular weight excluding hydrogens is 224 g/mol. The summed E-state index contributed by atoms with van der Waals surface area (Å²) in [6, 6.07) is 4.36. The van der Waals surface area contributed by atoms with Gasteiger partial charge in [-0.25, -0.2) is 4.98 Å². The third-order valence-corrected chi connectivity index (χ3v) is 3.38. The van der Waals surface area contributed by atoms with E-state index in [1.807, 2.05) is 6.07 Å². The van der Waals surface area contributed by atoms with E-state index in [1.165, 1.54) is 19.3 Å². The van der Waals surface area contributed by atoms with Crippen LogP contribution in [0.3, 0.4) is 0 Å². The van der Waals surface area contributed by atoms with Gasteiger partial charge in [-0.3, -0.25) is 4.79 Å². The van der Waals surface area contributed by atoms with Crippen molar-refractivity contribution in [3.05, 3.63) is 23.9 Å². The van der Waals surface area contributed by atoms with E-state index in [1.54, 1.807) is 19.2 Å². The van der Waals surface area contributed by atoms with E-state index in [-0.39, 0.29) is 5.78 Å². The number of carbonyl (C=O) groups excluding carboxylic acids is 1. The Morgan fingerprint density at radius 2 is 2.22 bits per heavy atom. The lowest BCUT2D eigenvalue weighted by Gasteiger charge is -2.24. The number of hydrogen-bond acceptors (Lipinski definition) is 3. The summed E-state index contributed by atoms with van der Waals surface area (Å²) in [4.78, 5) is 18.2. The Morgan fingerprint density at radius 1 is 1.50 bits per heavy atom. The highest BCUT2D eigenvalue weighted by atomic mass is 16.1. The van der Waals surface area contributed by atoms with Crippen LogP contribution in [0.25, 0.3) is 0 Å². The molecule has 1 aliphatic carbocycles. The summed E-state index contributed by atoms with van der Waals surface area (Å²) in [6.45, 7) is 7.13. The predicted molar refractivity (Wildman–Crippen MR) is 74.1 cm³/mol. The largest absolute Gasteiger partial charge is 0.354 e. The zero-order valence-electron chi connectivity index (χ0n) is 11.5. The molecule has 1 heterocycles. The first-order valence-electron chi connectivity index (χ1n) is 6.81. The summed E-state index contributed by atoms with van der Waals surface area (Å²) in [5.41, 5.74) is 0.759. The maximum atomic E-state index is 11.4. The quantitative estimate of drug-likeness (QED) is 0.722. The Labute approximate surface area is 109 Å². The fourth-order valence-electron chi connectivity index (χ4n) is 2.06. The van der Waals surface area contributed by atoms with E-state index >= 15 is 0 Å². The third-order valence-electron chi connectivity index (χ3n) is 3.38. The molecule has 3 nitrogen and oxygen atoms in total. The number of carbonyl (C=O) groups is 1. The van der Waals surface area contributed by atoms with E-state index in [0.717, 1.165) is 17.9 Å². The fourth-order valence-corrected chi connectivity index (χ4v) is 2.06. The van der Waals surface area contributed by atoms with Crippen LogP contribution in [0, 0.1) is 5.92 Å². The topological polar surface area (TPSA) is 33.2 Å². The highest BCUT2D eigenvalue weighted by molar-refractivity contribution is 5.94. The van der Waals surface area contributed by atoms with Gasteiger partial charge in [-0.15, -0.1) is 0 Å². The van der Waals surface area contributed by atoms with Gasteiger partial charge >= 0.3 is 0 Å². The number of aromatic nitrogens is 1. The molecule has 1 fully saturated rings. The van der Waals surface area contributed by atoms with Crippen LogP contribution in [0.2, 0.25) is 0 Å². The zero-order chi connectivity index (χ0) is 13.1. The smallest absolute Gasteiger partial charge is 0.159 e. The molecule has 0 spiro atoms. The minimum absolute atomic E-state index is 0.109. The Balaban J connectivity index is 2.14. The van der Waals surface area contributed by atoms with E-state index < -0.39 is 0 Å². The second kappa shape index (κ2) is 5.51. The van der Waals surface area contributed by atoms with Crippen molar-refractivity contribution >= 4 is 11.6 Å². The van der Waals surface area contributed by atoms with Crippen molar-refractivity contribution < 1.29 is 4.79 Å². The van der Waals surface area contributed by atoms with Crippen molar-refractivity contribution in [2.24, 2.45) is 5.92 Å². The SMILES string of the molecule is CC(=O)c1ccnc(N(CCC(C)C)C2CC2)c1. The molecule has 0 unspecified atom stereocenters. The molecule has 18 heavy (non-hydrogen) atoms. The van der Waals surface area contributed by atoms with E-state index in [0.29, 0.717) is 12.0 Å². The highest BCUT2D eigenvalue weighted by Gasteiger charge is 2.29. The minimum Gasteiger partial charge on any atom is -0.354 e. The molecule has 2 rings (SSSR count). The first-order valence-corrected chi connectivity index (χ1v) is 6.81. The van der Waals surface area contributed by atoms with Crippen molar-refractivity contribution in [2.45, 2.75) is 46.1 Å². The van der Waals surface area contributed by atoms with Crippen molar-refractivity contribution in [3.63, 3.8) is 0 Å². The summed E-state index contributed by atoms with van der Waals surface area (Å²) in [5, 5.41) is 0. The van der Waals surface area contributed by atoms with Gasteiger partial charge in [-0.05, 0) is 44.2 Å². The Kier molecular flexibility index (Phi) is 4.00. The van der Waals surface area contributed by atoms with Crippen LogP contribution in [0.15, 0.2) is 18.3 Å². The molecule has 1 saturated carbocycles. The zero-order valence-corrected chi connectivity index (χ0v) is 11.5. The molecule has 98 valence electrons. The van der Waals surface area contributed by atoms with E-state index in [4.69, 9.17) is 0 Å². The number of pyridine rings is 1. The van der Waals surface area contributed by atoms with Gasteiger partial charge in [0, 0.05) is 24.3 Å². The number of anilines is 1. The average Bonchev–Trinajstić information content (AvgIpc) is 3.14. The van der Waals surface area contributed by atoms with Gasteiger partial charge in [0.15, 0.2) is 5.78 Å². The first kappa shape index (κ1) is 13.1. The normalized spacial score (nSPS) is 14.9. The maximum Gasteiger partial charge on any atom is 0.159 e. The summed E-state index contributed by atoms with van der Waals surface area (Å²) >= 11 is 0. The lowest BCUT2D eigenvalue weighted by molar-refractivity contribution is 0.101. The van der Waals surface area contributed by atoms with Crippen molar-refractivity contribution in [1.82, 2.24) is 4.98 Å². The molecule has 1 aromatic rings. The van der Waals surface area contributed by atoms with Crippen LogP contribution in [0.1, 0.15) is 50.4 Å². The molecule has 3 heteroatoms. The van der Waals surface area contributed by atoms with Gasteiger partial charge in [0.05, 0.1) is 0 Å². The monoisotopic (exact) mass is 246 g/mol. The van der Waals surface area contributed by atoms with Crippen molar-refractivity contribution in [2.75, 3.05) is 11.4 Å². The van der Waals surface area contributed by atoms with Crippen LogP contribution >= 0.6 is 0 Å². The molecule has 0 aliphatic heterocycles. The maximum absolute atomic E-state index is 11.4. The van der Waals surface area contributed by atoms with Crippen molar-refractivity contribution in [3.8, 4) is 0 Å². The lowest BCUT2D eigenvalue weighted by atomic mass is 10.1. The number of Topliss-reactive ketones (excluding diaryl/α,β-unsaturated/α-hetero) is 1. The van der Waals surface area contributed by atoms with Crippen LogP contribution < -0.4 is 4.90 Å². The second-order valence-electron chi connectivity index (χ2n) is 5.57. The molecule has 0 aromatic carbocycles. The van der Waals surface area contributed by atoms with Crippen LogP contribution in [0.5, 0.6) is 0 Å². The minimum atomic E-state index is 0.109. The average molecular weight is 246 g/mol. The van der Waals surface area contributed by atoms with Gasteiger partial charge in [-0.2, -0.15) is 0 Å². The van der Waals surface area contributed by atoms with Gasteiger partial charge < -0.3 is 4.90 Å². The van der Waals surface area contributed by atoms with Crippen molar-refractivity contribution in [1.29, 1.82) is 0 Å². The standard InChI is InChI=1S/C15H22N2O/c1-11(2)7-9-17(14-4-5-14)15-10-13(12(3)18)6-8-16-15/h6,8,10-11,14H,4-5,7,9H2,1-3H3. The first-order chi connectivity index (χ1) is 8.58. The summed E-state index contributed by atoms with van der Waals surface area (Å²) in [5.74, 6) is 1.77. The molecule has 0 saturated heterocycles. The molecule has 0 bridgehead atoms. The Bertz CT molecular complexity index is 424. The second-order valence-corrected chi connectivity index (χ2v) is 5.57. The van der Waals surface area contributed by atoms with E-state index in [2.05, 4.69) is 23.7 Å². The number of rotatable bonds is 6. The van der Waals surface area contributed by atoms with Crippen LogP contribution in [-0.4, -0.2) is 23.4 Å². The van der Waals surface area contributed by atoms with Crippen LogP contribution in [-0.2, 0) is 0 Å². The fraction of sp³-hybridized carbons (Fsp3) is 0.600. The molecule has 0 radical (unpaired) electrons. The molecule has 1 aromatic heterocycles. The predicted octanol–water partition coefficient (Wildman–Crippen LogP) is 3.30. The summed E-state index contributed by atoms with van der Waals surface area (Å²) < 4.78 is 0. The van der Waals surface area contributed by atoms with Gasteiger partial charge in [-0.1, -0.05) is 13.8 Å². The van der Waals surface area contributed by atoms with Gasteiger partial charge in [0.25, 0.3) is 0 Å². The molecular formula is C15H22N2O. The number of nitrogens with zero attached hydrogens (tertiary/aromatic N) is 2.